The van der Waals surface area contributed by atoms with Gasteiger partial charge >= 0.3 is 5.97 Å². The molecule has 5 N–H and O–H groups in total. The Morgan fingerprint density at radius 2 is 1.72 bits per heavy atom. The minimum atomic E-state index is -0.930. The third-order valence-corrected chi connectivity index (χ3v) is 5.24. The molecule has 0 saturated carbocycles. The van der Waals surface area contributed by atoms with Gasteiger partial charge in [-0.2, -0.15) is 4.98 Å². The van der Waals surface area contributed by atoms with Gasteiger partial charge in [0, 0.05) is 23.6 Å². The van der Waals surface area contributed by atoms with Gasteiger partial charge in [0.25, 0.3) is 0 Å². The second kappa shape index (κ2) is 6.20. The number of nitrogens with two attached hydrogens (primary N) is 2. The summed E-state index contributed by atoms with van der Waals surface area (Å²) in [5.41, 5.74) is 14.8. The lowest BCUT2D eigenvalue weighted by molar-refractivity contribution is 0.0699. The minimum Gasteiger partial charge on any atom is -0.478 e. The highest BCUT2D eigenvalue weighted by Crippen LogP contribution is 2.31. The van der Waals surface area contributed by atoms with Gasteiger partial charge in [-0.3, -0.25) is 0 Å². The SMILES string of the molecule is Nc1nc(N)c2c(ccc3c2ccn3Cc2ccc(C(=O)O)c3ccccc23)n1. The second-order valence-electron chi connectivity index (χ2n) is 6.93. The molecule has 2 heterocycles. The van der Waals surface area contributed by atoms with E-state index in [-0.39, 0.29) is 5.95 Å². The molecule has 29 heavy (non-hydrogen) atoms. The highest BCUT2D eigenvalue weighted by Gasteiger charge is 2.14. The van der Waals surface area contributed by atoms with E-state index in [1.54, 1.807) is 6.07 Å². The summed E-state index contributed by atoms with van der Waals surface area (Å²) in [7, 11) is 0. The Morgan fingerprint density at radius 1 is 0.931 bits per heavy atom. The highest BCUT2D eigenvalue weighted by molar-refractivity contribution is 6.10. The number of carboxylic acid groups (broad SMARTS) is 1. The van der Waals surface area contributed by atoms with Crippen molar-refractivity contribution in [1.29, 1.82) is 0 Å². The molecule has 0 aliphatic heterocycles. The van der Waals surface area contributed by atoms with Crippen LogP contribution < -0.4 is 11.5 Å². The highest BCUT2D eigenvalue weighted by atomic mass is 16.4. The van der Waals surface area contributed by atoms with Crippen LogP contribution in [0.25, 0.3) is 32.6 Å². The van der Waals surface area contributed by atoms with Gasteiger partial charge < -0.3 is 21.1 Å². The average Bonchev–Trinajstić information content (AvgIpc) is 3.10. The first-order valence-corrected chi connectivity index (χ1v) is 9.07. The maximum Gasteiger partial charge on any atom is 0.336 e. The fourth-order valence-corrected chi connectivity index (χ4v) is 3.96. The van der Waals surface area contributed by atoms with Crippen LogP contribution in [0.15, 0.2) is 60.8 Å². The summed E-state index contributed by atoms with van der Waals surface area (Å²) in [6, 6.07) is 16.9. The predicted molar refractivity (Wildman–Crippen MR) is 114 cm³/mol. The first kappa shape index (κ1) is 17.0. The fourth-order valence-electron chi connectivity index (χ4n) is 3.96. The number of carbonyl (C=O) groups is 1. The molecule has 0 atom stereocenters. The molecule has 0 saturated heterocycles. The lowest BCUT2D eigenvalue weighted by Crippen LogP contribution is -2.03. The van der Waals surface area contributed by atoms with Crippen LogP contribution in [0, 0.1) is 0 Å². The summed E-state index contributed by atoms with van der Waals surface area (Å²) in [5.74, 6) is -0.425. The molecule has 0 fully saturated rings. The molecule has 0 aliphatic rings. The monoisotopic (exact) mass is 383 g/mol. The normalized spacial score (nSPS) is 11.4. The van der Waals surface area contributed by atoms with Crippen molar-refractivity contribution in [2.75, 3.05) is 11.5 Å². The molecular weight excluding hydrogens is 366 g/mol. The number of nitrogens with zero attached hydrogens (tertiary/aromatic N) is 3. The third kappa shape index (κ3) is 2.63. The number of hydrogen-bond acceptors (Lipinski definition) is 5. The number of hydrogen-bond donors (Lipinski definition) is 3. The largest absolute Gasteiger partial charge is 0.478 e. The Bertz CT molecular complexity index is 1440. The third-order valence-electron chi connectivity index (χ3n) is 5.24. The number of aromatic nitrogens is 3. The topological polar surface area (TPSA) is 120 Å². The minimum absolute atomic E-state index is 0.152. The Balaban J connectivity index is 1.68. The van der Waals surface area contributed by atoms with Crippen LogP contribution in [-0.2, 0) is 6.54 Å². The lowest BCUT2D eigenvalue weighted by Gasteiger charge is -2.12. The van der Waals surface area contributed by atoms with Crippen LogP contribution in [0.2, 0.25) is 0 Å². The van der Waals surface area contributed by atoms with E-state index >= 15 is 0 Å². The number of rotatable bonds is 3. The second-order valence-corrected chi connectivity index (χ2v) is 6.93. The Labute approximate surface area is 165 Å². The van der Waals surface area contributed by atoms with Crippen molar-refractivity contribution in [3.63, 3.8) is 0 Å². The molecule has 0 bridgehead atoms. The number of nitrogen functional groups attached to an aromatic ring is 2. The van der Waals surface area contributed by atoms with Crippen LogP contribution in [-0.4, -0.2) is 25.6 Å². The summed E-state index contributed by atoms with van der Waals surface area (Å²) in [4.78, 5) is 19.9. The summed E-state index contributed by atoms with van der Waals surface area (Å²) >= 11 is 0. The van der Waals surface area contributed by atoms with Crippen LogP contribution in [0.3, 0.4) is 0 Å². The van der Waals surface area contributed by atoms with Gasteiger partial charge in [0.15, 0.2) is 0 Å². The Hall–Kier alpha value is -4.13. The van der Waals surface area contributed by atoms with Gasteiger partial charge in [-0.15, -0.1) is 0 Å². The molecule has 0 aliphatic carbocycles. The quantitative estimate of drug-likeness (QED) is 0.437. The number of anilines is 2. The maximum atomic E-state index is 11.6. The Morgan fingerprint density at radius 3 is 2.52 bits per heavy atom. The first-order chi connectivity index (χ1) is 14.0. The van der Waals surface area contributed by atoms with Crippen LogP contribution in [0.1, 0.15) is 15.9 Å². The average molecular weight is 383 g/mol. The van der Waals surface area contributed by atoms with Crippen molar-refractivity contribution in [3.05, 3.63) is 71.9 Å². The van der Waals surface area contributed by atoms with E-state index in [4.69, 9.17) is 11.5 Å². The van der Waals surface area contributed by atoms with E-state index in [0.29, 0.717) is 23.4 Å². The zero-order chi connectivity index (χ0) is 20.1. The van der Waals surface area contributed by atoms with Crippen molar-refractivity contribution in [2.45, 2.75) is 6.54 Å². The molecule has 5 rings (SSSR count). The number of aromatic carboxylic acids is 1. The molecular formula is C22H17N5O2. The van der Waals surface area contributed by atoms with E-state index in [9.17, 15) is 9.90 Å². The zero-order valence-corrected chi connectivity index (χ0v) is 15.3. The molecule has 0 amide bonds. The van der Waals surface area contributed by atoms with Crippen molar-refractivity contribution < 1.29 is 9.90 Å². The summed E-state index contributed by atoms with van der Waals surface area (Å²) < 4.78 is 2.10. The van der Waals surface area contributed by atoms with E-state index in [1.165, 1.54) is 0 Å². The maximum absolute atomic E-state index is 11.6. The zero-order valence-electron chi connectivity index (χ0n) is 15.3. The van der Waals surface area contributed by atoms with Gasteiger partial charge in [0.05, 0.1) is 16.5 Å². The molecule has 0 unspecified atom stereocenters. The van der Waals surface area contributed by atoms with Gasteiger partial charge in [0.2, 0.25) is 5.95 Å². The summed E-state index contributed by atoms with van der Waals surface area (Å²) in [6.45, 7) is 0.588. The van der Waals surface area contributed by atoms with Crippen molar-refractivity contribution in [1.82, 2.24) is 14.5 Å². The summed E-state index contributed by atoms with van der Waals surface area (Å²) in [5, 5.41) is 12.9. The molecule has 7 nitrogen and oxygen atoms in total. The smallest absolute Gasteiger partial charge is 0.336 e. The predicted octanol–water partition coefficient (Wildman–Crippen LogP) is 3.65. The molecule has 2 aromatic heterocycles. The molecule has 7 heteroatoms. The number of fused-ring (bicyclic) bond motifs is 4. The van der Waals surface area contributed by atoms with Crippen molar-refractivity contribution in [2.24, 2.45) is 0 Å². The van der Waals surface area contributed by atoms with Crippen LogP contribution in [0.4, 0.5) is 11.8 Å². The van der Waals surface area contributed by atoms with Gasteiger partial charge in [-0.25, -0.2) is 9.78 Å². The van der Waals surface area contributed by atoms with E-state index in [2.05, 4.69) is 14.5 Å². The van der Waals surface area contributed by atoms with E-state index in [0.717, 1.165) is 32.6 Å². The lowest BCUT2D eigenvalue weighted by atomic mass is 9.99. The molecule has 0 radical (unpaired) electrons. The first-order valence-electron chi connectivity index (χ1n) is 9.07. The molecule has 3 aromatic carbocycles. The standard InChI is InChI=1S/C22H17N5O2/c23-20-19-16-9-10-27(18(16)8-7-17(19)25-22(24)26-20)11-12-5-6-15(21(28)29)14-4-2-1-3-13(12)14/h1-10H,11H2,(H,28,29)(H4,23,24,25,26). The molecule has 0 spiro atoms. The van der Waals surface area contributed by atoms with Gasteiger partial charge in [0.1, 0.15) is 5.82 Å². The molecule has 5 aromatic rings. The van der Waals surface area contributed by atoms with E-state index < -0.39 is 5.97 Å². The molecule has 142 valence electrons. The van der Waals surface area contributed by atoms with E-state index in [1.807, 2.05) is 54.7 Å². The van der Waals surface area contributed by atoms with Gasteiger partial charge in [-0.05, 0) is 40.6 Å². The Kier molecular flexibility index (Phi) is 3.64. The number of benzene rings is 3. The fraction of sp³-hybridized carbons (Fsp3) is 0.0455. The van der Waals surface area contributed by atoms with Crippen LogP contribution >= 0.6 is 0 Å². The summed E-state index contributed by atoms with van der Waals surface area (Å²) in [6.07, 6.45) is 1.99. The number of carboxylic acids is 1. The van der Waals surface area contributed by atoms with Crippen molar-refractivity contribution in [3.8, 4) is 0 Å². The van der Waals surface area contributed by atoms with Gasteiger partial charge in [-0.1, -0.05) is 30.3 Å². The van der Waals surface area contributed by atoms with Crippen molar-refractivity contribution >= 4 is 50.3 Å². The van der Waals surface area contributed by atoms with Crippen LogP contribution in [0.5, 0.6) is 0 Å².